The average molecular weight is 370 g/mol. The summed E-state index contributed by atoms with van der Waals surface area (Å²) in [5.74, 6) is -0.162. The molecular formula is C16H26N4O4S. The van der Waals surface area contributed by atoms with E-state index in [0.717, 1.165) is 19.4 Å². The number of rotatable bonds is 8. The Balaban J connectivity index is 1.67. The van der Waals surface area contributed by atoms with Crippen LogP contribution in [0.4, 0.5) is 0 Å². The van der Waals surface area contributed by atoms with Gasteiger partial charge in [-0.3, -0.25) is 14.4 Å². The molecule has 1 aromatic heterocycles. The van der Waals surface area contributed by atoms with E-state index in [4.69, 9.17) is 5.11 Å². The maximum Gasteiger partial charge on any atom is 0.304 e. The normalized spacial score (nSPS) is 24.7. The number of aromatic nitrogens is 2. The molecule has 1 aliphatic carbocycles. The van der Waals surface area contributed by atoms with Gasteiger partial charge in [0.2, 0.25) is 0 Å². The van der Waals surface area contributed by atoms with Gasteiger partial charge in [0, 0.05) is 37.8 Å². The minimum atomic E-state index is -3.64. The van der Waals surface area contributed by atoms with Crippen LogP contribution >= 0.6 is 0 Å². The second-order valence-corrected chi connectivity index (χ2v) is 8.91. The van der Waals surface area contributed by atoms with E-state index < -0.39 is 16.0 Å². The molecule has 1 saturated carbocycles. The summed E-state index contributed by atoms with van der Waals surface area (Å²) in [7, 11) is -2.02. The van der Waals surface area contributed by atoms with Crippen molar-refractivity contribution >= 4 is 16.0 Å². The lowest BCUT2D eigenvalue weighted by Gasteiger charge is -2.29. The lowest BCUT2D eigenvalue weighted by Crippen LogP contribution is -2.45. The molecule has 0 unspecified atom stereocenters. The maximum atomic E-state index is 12.6. The number of likely N-dealkylation sites (tertiary alicyclic amines) is 1. The van der Waals surface area contributed by atoms with E-state index in [-0.39, 0.29) is 23.5 Å². The third kappa shape index (κ3) is 4.21. The third-order valence-electron chi connectivity index (χ3n) is 5.17. The van der Waals surface area contributed by atoms with E-state index >= 15 is 0 Å². The Bertz CT molecular complexity index is 722. The van der Waals surface area contributed by atoms with E-state index in [2.05, 4.69) is 14.7 Å². The summed E-state index contributed by atoms with van der Waals surface area (Å²) in [6.07, 6.45) is 5.64. The molecule has 9 heteroatoms. The molecule has 2 N–H and O–H groups in total. The zero-order valence-electron chi connectivity index (χ0n) is 14.7. The fourth-order valence-electron chi connectivity index (χ4n) is 3.75. The molecule has 1 aliphatic heterocycles. The summed E-state index contributed by atoms with van der Waals surface area (Å²) in [6, 6.07) is 0.0549. The van der Waals surface area contributed by atoms with Gasteiger partial charge >= 0.3 is 5.97 Å². The minimum absolute atomic E-state index is 0.00560. The zero-order chi connectivity index (χ0) is 18.2. The van der Waals surface area contributed by atoms with E-state index in [1.165, 1.54) is 23.7 Å². The summed E-state index contributed by atoms with van der Waals surface area (Å²) in [5, 5.41) is 13.3. The highest BCUT2D eigenvalue weighted by Gasteiger charge is 2.38. The van der Waals surface area contributed by atoms with Crippen LogP contribution in [0, 0.1) is 12.8 Å². The maximum absolute atomic E-state index is 12.6. The van der Waals surface area contributed by atoms with Crippen LogP contribution in [0.25, 0.3) is 0 Å². The molecule has 0 amide bonds. The number of hydrogen-bond donors (Lipinski definition) is 2. The van der Waals surface area contributed by atoms with Gasteiger partial charge in [-0.2, -0.15) is 5.10 Å². The van der Waals surface area contributed by atoms with Gasteiger partial charge in [0.05, 0.1) is 12.6 Å². The van der Waals surface area contributed by atoms with Crippen LogP contribution in [0.3, 0.4) is 0 Å². The highest BCUT2D eigenvalue weighted by atomic mass is 32.2. The van der Waals surface area contributed by atoms with E-state index in [1.54, 1.807) is 14.0 Å². The highest BCUT2D eigenvalue weighted by Crippen LogP contribution is 2.35. The number of aliphatic carboxylic acids is 1. The van der Waals surface area contributed by atoms with Gasteiger partial charge in [-0.05, 0) is 38.5 Å². The van der Waals surface area contributed by atoms with E-state index in [9.17, 15) is 13.2 Å². The second kappa shape index (κ2) is 7.05. The molecule has 2 heterocycles. The summed E-state index contributed by atoms with van der Waals surface area (Å²) < 4.78 is 29.3. The Morgan fingerprint density at radius 1 is 1.32 bits per heavy atom. The molecule has 0 spiro atoms. The molecule has 2 fully saturated rings. The standard InChI is InChI=1S/C16H26N4O4S/c1-11-8-17-19(2)16(11)25(23,24)18-9-14-6-5-13(7-15(21)22)20(14)10-12-3-4-12/h8,12-14,18H,3-7,9-10H2,1-2H3,(H,21,22)/t13-,14+/m1/s1. The van der Waals surface area contributed by atoms with Gasteiger partial charge in [-0.25, -0.2) is 13.1 Å². The fraction of sp³-hybridized carbons (Fsp3) is 0.750. The first-order valence-corrected chi connectivity index (χ1v) is 10.2. The number of sulfonamides is 1. The molecule has 0 radical (unpaired) electrons. The number of carboxylic acid groups (broad SMARTS) is 1. The van der Waals surface area contributed by atoms with Gasteiger partial charge in [-0.1, -0.05) is 0 Å². The molecule has 1 aromatic rings. The molecule has 0 aromatic carbocycles. The van der Waals surface area contributed by atoms with E-state index in [0.29, 0.717) is 18.0 Å². The fourth-order valence-corrected chi connectivity index (χ4v) is 5.17. The van der Waals surface area contributed by atoms with Crippen molar-refractivity contribution in [3.8, 4) is 0 Å². The molecular weight excluding hydrogens is 344 g/mol. The van der Waals surface area contributed by atoms with Crippen LogP contribution in [-0.4, -0.2) is 59.3 Å². The Labute approximate surface area is 148 Å². The van der Waals surface area contributed by atoms with Crippen molar-refractivity contribution < 1.29 is 18.3 Å². The lowest BCUT2D eigenvalue weighted by atomic mass is 10.1. The molecule has 2 atom stereocenters. The van der Waals surface area contributed by atoms with Crippen LogP contribution in [0.5, 0.6) is 0 Å². The first kappa shape index (κ1) is 18.3. The lowest BCUT2D eigenvalue weighted by molar-refractivity contribution is -0.138. The van der Waals surface area contributed by atoms with Gasteiger partial charge < -0.3 is 5.11 Å². The van der Waals surface area contributed by atoms with Gasteiger partial charge in [0.15, 0.2) is 5.03 Å². The Hall–Kier alpha value is -1.45. The smallest absolute Gasteiger partial charge is 0.304 e. The number of aryl methyl sites for hydroxylation is 2. The van der Waals surface area contributed by atoms with Crippen LogP contribution in [0.1, 0.15) is 37.7 Å². The quantitative estimate of drug-likeness (QED) is 0.699. The molecule has 1 saturated heterocycles. The molecule has 25 heavy (non-hydrogen) atoms. The molecule has 8 nitrogen and oxygen atoms in total. The van der Waals surface area contributed by atoms with Crippen LogP contribution in [-0.2, 0) is 21.9 Å². The third-order valence-corrected chi connectivity index (χ3v) is 6.81. The van der Waals surface area contributed by atoms with Gasteiger partial charge in [-0.15, -0.1) is 0 Å². The van der Waals surface area contributed by atoms with Crippen LogP contribution in [0.2, 0.25) is 0 Å². The van der Waals surface area contributed by atoms with Gasteiger partial charge in [0.25, 0.3) is 10.0 Å². The number of hydrogen-bond acceptors (Lipinski definition) is 5. The summed E-state index contributed by atoms with van der Waals surface area (Å²) in [6.45, 7) is 2.89. The first-order chi connectivity index (χ1) is 11.8. The van der Waals surface area contributed by atoms with Crippen molar-refractivity contribution in [2.45, 2.75) is 56.1 Å². The number of carbonyl (C=O) groups is 1. The van der Waals surface area contributed by atoms with Crippen molar-refractivity contribution in [3.05, 3.63) is 11.8 Å². The predicted octanol–water partition coefficient (Wildman–Crippen LogP) is 0.725. The molecule has 0 bridgehead atoms. The predicted molar refractivity (Wildman–Crippen MR) is 91.6 cm³/mol. The summed E-state index contributed by atoms with van der Waals surface area (Å²) >= 11 is 0. The molecule has 3 rings (SSSR count). The second-order valence-electron chi connectivity index (χ2n) is 7.23. The Morgan fingerprint density at radius 2 is 2.00 bits per heavy atom. The monoisotopic (exact) mass is 370 g/mol. The van der Waals surface area contributed by atoms with Crippen LogP contribution in [0.15, 0.2) is 11.2 Å². The van der Waals surface area contributed by atoms with Crippen molar-refractivity contribution in [1.82, 2.24) is 19.4 Å². The summed E-state index contributed by atoms with van der Waals surface area (Å²) in [4.78, 5) is 13.3. The Morgan fingerprint density at radius 3 is 2.56 bits per heavy atom. The number of nitrogens with zero attached hydrogens (tertiary/aromatic N) is 3. The van der Waals surface area contributed by atoms with Crippen molar-refractivity contribution in [2.75, 3.05) is 13.1 Å². The van der Waals surface area contributed by atoms with Crippen molar-refractivity contribution in [2.24, 2.45) is 13.0 Å². The Kier molecular flexibility index (Phi) is 5.17. The first-order valence-electron chi connectivity index (χ1n) is 8.73. The largest absolute Gasteiger partial charge is 0.481 e. The molecule has 2 aliphatic rings. The SMILES string of the molecule is Cc1cnn(C)c1S(=O)(=O)NC[C@@H]1CC[C@H](CC(=O)O)N1CC1CC1. The minimum Gasteiger partial charge on any atom is -0.481 e. The van der Waals surface area contributed by atoms with Crippen molar-refractivity contribution in [3.63, 3.8) is 0 Å². The highest BCUT2D eigenvalue weighted by molar-refractivity contribution is 7.89. The van der Waals surface area contributed by atoms with E-state index in [1.807, 2.05) is 0 Å². The molecule has 140 valence electrons. The number of carboxylic acids is 1. The zero-order valence-corrected chi connectivity index (χ0v) is 15.5. The summed E-state index contributed by atoms with van der Waals surface area (Å²) in [5.41, 5.74) is 0.611. The average Bonchev–Trinajstić information content (AvgIpc) is 3.17. The number of nitrogens with one attached hydrogen (secondary N) is 1. The van der Waals surface area contributed by atoms with Crippen molar-refractivity contribution in [1.29, 1.82) is 0 Å². The van der Waals surface area contributed by atoms with Crippen LogP contribution < -0.4 is 4.72 Å². The topological polar surface area (TPSA) is 105 Å². The van der Waals surface area contributed by atoms with Gasteiger partial charge in [0.1, 0.15) is 0 Å².